The molecule has 2 heterocycles. The van der Waals surface area contributed by atoms with Crippen LogP contribution in [0.4, 0.5) is 0 Å². The van der Waals surface area contributed by atoms with Crippen molar-refractivity contribution in [3.05, 3.63) is 40.6 Å². The van der Waals surface area contributed by atoms with Gasteiger partial charge < -0.3 is 10.1 Å². The van der Waals surface area contributed by atoms with E-state index in [1.165, 1.54) is 0 Å². The molecule has 1 amide bonds. The number of hydrogen-bond donors (Lipinski definition) is 1. The maximum Gasteiger partial charge on any atom is 0.252 e. The molecule has 0 bridgehead atoms. The van der Waals surface area contributed by atoms with Crippen molar-refractivity contribution in [2.45, 2.75) is 52.0 Å². The number of aromatic nitrogens is 1. The minimum Gasteiger partial charge on any atom is -0.379 e. The summed E-state index contributed by atoms with van der Waals surface area (Å²) in [5.74, 6) is 0.0393. The zero-order chi connectivity index (χ0) is 19.7. The molecular weight excluding hydrogens is 350 g/mol. The number of carbonyl (C=O) groups is 1. The number of benzene rings is 1. The van der Waals surface area contributed by atoms with E-state index in [-0.39, 0.29) is 11.4 Å². The van der Waals surface area contributed by atoms with E-state index in [1.54, 1.807) is 0 Å². The van der Waals surface area contributed by atoms with Gasteiger partial charge in [0.05, 0.1) is 24.3 Å². The Labute approximate surface area is 167 Å². The number of aryl methyl sites for hydroxylation is 2. The van der Waals surface area contributed by atoms with Crippen molar-refractivity contribution in [2.75, 3.05) is 32.8 Å². The standard InChI is InChI=1S/C23H31N3O2/c1-16-8-9-20-18(14-16)21(17-6-4-5-7-19(17)25-20)22(27)24-15-23(2,3)26-10-12-28-13-11-26/h8-9,14H,4-7,10-13,15H2,1-3H3,(H,24,27). The van der Waals surface area contributed by atoms with Crippen LogP contribution in [-0.4, -0.2) is 54.2 Å². The van der Waals surface area contributed by atoms with Crippen LogP contribution >= 0.6 is 0 Å². The fourth-order valence-electron chi connectivity index (χ4n) is 4.46. The van der Waals surface area contributed by atoms with Crippen LogP contribution < -0.4 is 5.32 Å². The molecule has 0 unspecified atom stereocenters. The second-order valence-corrected chi connectivity index (χ2v) is 8.73. The summed E-state index contributed by atoms with van der Waals surface area (Å²) < 4.78 is 5.48. The number of fused-ring (bicyclic) bond motifs is 2. The van der Waals surface area contributed by atoms with Crippen LogP contribution in [0, 0.1) is 6.92 Å². The van der Waals surface area contributed by atoms with E-state index in [4.69, 9.17) is 9.72 Å². The smallest absolute Gasteiger partial charge is 0.252 e. The highest BCUT2D eigenvalue weighted by Gasteiger charge is 2.30. The molecule has 1 fully saturated rings. The molecule has 0 spiro atoms. The molecule has 1 aliphatic carbocycles. The summed E-state index contributed by atoms with van der Waals surface area (Å²) >= 11 is 0. The Hall–Kier alpha value is -1.98. The van der Waals surface area contributed by atoms with Crippen LogP contribution in [0.3, 0.4) is 0 Å². The molecule has 2 aliphatic rings. The lowest BCUT2D eigenvalue weighted by Gasteiger charge is -2.40. The number of amides is 1. The van der Waals surface area contributed by atoms with Gasteiger partial charge in [-0.15, -0.1) is 0 Å². The lowest BCUT2D eigenvalue weighted by molar-refractivity contribution is -0.00923. The molecule has 1 aromatic heterocycles. The number of nitrogens with zero attached hydrogens (tertiary/aromatic N) is 2. The first-order chi connectivity index (χ1) is 13.5. The topological polar surface area (TPSA) is 54.5 Å². The average Bonchev–Trinajstić information content (AvgIpc) is 2.71. The molecule has 1 N–H and O–H groups in total. The molecule has 4 rings (SSSR count). The van der Waals surface area contributed by atoms with E-state index in [1.807, 2.05) is 6.07 Å². The quantitative estimate of drug-likeness (QED) is 0.883. The third-order valence-corrected chi connectivity index (χ3v) is 6.19. The summed E-state index contributed by atoms with van der Waals surface area (Å²) in [6, 6.07) is 6.24. The zero-order valence-corrected chi connectivity index (χ0v) is 17.3. The Bertz CT molecular complexity index is 885. The van der Waals surface area contributed by atoms with Gasteiger partial charge >= 0.3 is 0 Å². The van der Waals surface area contributed by atoms with Crippen LogP contribution in [0.2, 0.25) is 0 Å². The fraction of sp³-hybridized carbons (Fsp3) is 0.565. The molecule has 0 atom stereocenters. The van der Waals surface area contributed by atoms with Gasteiger partial charge in [-0.1, -0.05) is 11.6 Å². The summed E-state index contributed by atoms with van der Waals surface area (Å²) in [7, 11) is 0. The summed E-state index contributed by atoms with van der Waals surface area (Å²) in [6.45, 7) is 10.4. The van der Waals surface area contributed by atoms with E-state index >= 15 is 0 Å². The molecule has 150 valence electrons. The SMILES string of the molecule is Cc1ccc2nc3c(c(C(=O)NCC(C)(C)N4CCOCC4)c2c1)CCCC3. The monoisotopic (exact) mass is 381 g/mol. The van der Waals surface area contributed by atoms with E-state index in [0.717, 1.165) is 85.3 Å². The lowest BCUT2D eigenvalue weighted by Crippen LogP contribution is -2.55. The third-order valence-electron chi connectivity index (χ3n) is 6.19. The average molecular weight is 382 g/mol. The Morgan fingerprint density at radius 2 is 1.96 bits per heavy atom. The molecule has 1 aromatic carbocycles. The minimum atomic E-state index is -0.0990. The van der Waals surface area contributed by atoms with Crippen LogP contribution in [0.5, 0.6) is 0 Å². The van der Waals surface area contributed by atoms with Crippen molar-refractivity contribution in [2.24, 2.45) is 0 Å². The number of morpholine rings is 1. The summed E-state index contributed by atoms with van der Waals surface area (Å²) in [5, 5.41) is 4.24. The minimum absolute atomic E-state index is 0.0393. The summed E-state index contributed by atoms with van der Waals surface area (Å²) in [4.78, 5) is 20.7. The Morgan fingerprint density at radius 3 is 2.75 bits per heavy atom. The van der Waals surface area contributed by atoms with Gasteiger partial charge in [0.2, 0.25) is 0 Å². The highest BCUT2D eigenvalue weighted by atomic mass is 16.5. The lowest BCUT2D eigenvalue weighted by atomic mass is 9.89. The van der Waals surface area contributed by atoms with Gasteiger partial charge in [-0.2, -0.15) is 0 Å². The van der Waals surface area contributed by atoms with Gasteiger partial charge in [-0.05, 0) is 64.2 Å². The molecular formula is C23H31N3O2. The number of carbonyl (C=O) groups excluding carboxylic acids is 1. The number of pyridine rings is 1. The Kier molecular flexibility index (Phi) is 5.39. The van der Waals surface area contributed by atoms with E-state index in [2.05, 4.69) is 43.1 Å². The van der Waals surface area contributed by atoms with E-state index < -0.39 is 0 Å². The van der Waals surface area contributed by atoms with Crippen LogP contribution in [0.15, 0.2) is 18.2 Å². The number of nitrogens with one attached hydrogen (secondary N) is 1. The van der Waals surface area contributed by atoms with Crippen molar-refractivity contribution >= 4 is 16.8 Å². The molecule has 0 radical (unpaired) electrons. The number of ether oxygens (including phenoxy) is 1. The second kappa shape index (κ2) is 7.80. The van der Waals surface area contributed by atoms with Crippen molar-refractivity contribution in [1.82, 2.24) is 15.2 Å². The fourth-order valence-corrected chi connectivity index (χ4v) is 4.46. The first kappa shape index (κ1) is 19.3. The van der Waals surface area contributed by atoms with E-state index in [9.17, 15) is 4.79 Å². The zero-order valence-electron chi connectivity index (χ0n) is 17.3. The first-order valence-electron chi connectivity index (χ1n) is 10.5. The Balaban J connectivity index is 1.64. The number of hydrogen-bond acceptors (Lipinski definition) is 4. The predicted octanol–water partition coefficient (Wildman–Crippen LogP) is 3.26. The molecule has 1 aliphatic heterocycles. The highest BCUT2D eigenvalue weighted by molar-refractivity contribution is 6.08. The normalized spacial score (nSPS) is 18.1. The summed E-state index contributed by atoms with van der Waals surface area (Å²) in [5.41, 5.74) is 5.11. The van der Waals surface area contributed by atoms with Gasteiger partial charge in [0, 0.05) is 36.3 Å². The maximum absolute atomic E-state index is 13.4. The molecule has 28 heavy (non-hydrogen) atoms. The molecule has 2 aromatic rings. The van der Waals surface area contributed by atoms with E-state index in [0.29, 0.717) is 6.54 Å². The van der Waals surface area contributed by atoms with Crippen molar-refractivity contribution < 1.29 is 9.53 Å². The molecule has 1 saturated heterocycles. The van der Waals surface area contributed by atoms with Crippen molar-refractivity contribution in [1.29, 1.82) is 0 Å². The molecule has 5 heteroatoms. The summed E-state index contributed by atoms with van der Waals surface area (Å²) in [6.07, 6.45) is 4.20. The van der Waals surface area contributed by atoms with Gasteiger partial charge in [-0.25, -0.2) is 0 Å². The first-order valence-corrected chi connectivity index (χ1v) is 10.5. The van der Waals surface area contributed by atoms with Crippen molar-refractivity contribution in [3.8, 4) is 0 Å². The van der Waals surface area contributed by atoms with Crippen LogP contribution in [0.25, 0.3) is 10.9 Å². The van der Waals surface area contributed by atoms with Gasteiger partial charge in [0.1, 0.15) is 0 Å². The highest BCUT2D eigenvalue weighted by Crippen LogP contribution is 2.30. The van der Waals surface area contributed by atoms with Crippen LogP contribution in [0.1, 0.15) is 53.9 Å². The van der Waals surface area contributed by atoms with Gasteiger partial charge in [0.15, 0.2) is 0 Å². The maximum atomic E-state index is 13.4. The molecule has 0 saturated carbocycles. The molecule has 5 nitrogen and oxygen atoms in total. The van der Waals surface area contributed by atoms with Crippen LogP contribution in [-0.2, 0) is 17.6 Å². The number of rotatable bonds is 4. The van der Waals surface area contributed by atoms with Gasteiger partial charge in [-0.3, -0.25) is 14.7 Å². The second-order valence-electron chi connectivity index (χ2n) is 8.73. The van der Waals surface area contributed by atoms with Gasteiger partial charge in [0.25, 0.3) is 5.91 Å². The predicted molar refractivity (Wildman–Crippen MR) is 112 cm³/mol. The largest absolute Gasteiger partial charge is 0.379 e. The Morgan fingerprint density at radius 1 is 1.21 bits per heavy atom. The third kappa shape index (κ3) is 3.78. The van der Waals surface area contributed by atoms with Crippen molar-refractivity contribution in [3.63, 3.8) is 0 Å².